The van der Waals surface area contributed by atoms with Gasteiger partial charge in [-0.2, -0.15) is 0 Å². The lowest BCUT2D eigenvalue weighted by Crippen LogP contribution is -2.13. The summed E-state index contributed by atoms with van der Waals surface area (Å²) in [7, 11) is 1.57. The Morgan fingerprint density at radius 2 is 2.06 bits per heavy atom. The Bertz CT molecular complexity index is 578. The fraction of sp³-hybridized carbons (Fsp3) is 0.231. The lowest BCUT2D eigenvalue weighted by molar-refractivity contribution is 0.181. The van der Waals surface area contributed by atoms with Gasteiger partial charge in [-0.1, -0.05) is 23.7 Å². The molecule has 0 aliphatic rings. The van der Waals surface area contributed by atoms with Crippen molar-refractivity contribution >= 4 is 11.6 Å². The number of nitrogens with zero attached hydrogens (tertiary/aromatic N) is 1. The standard InChI is InChI=1S/C13H13ClN2O2/c1-18-8-11-7-13(17)16-12(15-11)6-9-2-4-10(14)5-3-9/h2-5,7H,6,8H2,1H3,(H,15,16,17). The molecule has 0 fully saturated rings. The van der Waals surface area contributed by atoms with E-state index in [-0.39, 0.29) is 5.56 Å². The highest BCUT2D eigenvalue weighted by molar-refractivity contribution is 6.30. The molecule has 1 aromatic carbocycles. The highest BCUT2D eigenvalue weighted by Gasteiger charge is 2.03. The molecule has 4 nitrogen and oxygen atoms in total. The summed E-state index contributed by atoms with van der Waals surface area (Å²) >= 11 is 5.82. The van der Waals surface area contributed by atoms with E-state index in [1.54, 1.807) is 7.11 Å². The molecule has 0 amide bonds. The number of rotatable bonds is 4. The fourth-order valence-corrected chi connectivity index (χ4v) is 1.79. The fourth-order valence-electron chi connectivity index (χ4n) is 1.66. The molecule has 94 valence electrons. The van der Waals surface area contributed by atoms with Crippen LogP contribution in [0.25, 0.3) is 0 Å². The maximum Gasteiger partial charge on any atom is 0.251 e. The summed E-state index contributed by atoms with van der Waals surface area (Å²) in [4.78, 5) is 18.5. The van der Waals surface area contributed by atoms with Gasteiger partial charge in [-0.15, -0.1) is 0 Å². The molecule has 0 saturated carbocycles. The summed E-state index contributed by atoms with van der Waals surface area (Å²) in [6.07, 6.45) is 0.559. The van der Waals surface area contributed by atoms with Gasteiger partial charge in [0.1, 0.15) is 5.82 Å². The number of nitrogens with one attached hydrogen (secondary N) is 1. The molecule has 0 spiro atoms. The minimum atomic E-state index is -0.166. The third-order valence-electron chi connectivity index (χ3n) is 2.42. The van der Waals surface area contributed by atoms with E-state index in [4.69, 9.17) is 16.3 Å². The van der Waals surface area contributed by atoms with Crippen LogP contribution in [0.3, 0.4) is 0 Å². The van der Waals surface area contributed by atoms with Crippen molar-refractivity contribution in [3.63, 3.8) is 0 Å². The van der Waals surface area contributed by atoms with Crippen LogP contribution >= 0.6 is 11.6 Å². The second-order valence-corrected chi connectivity index (χ2v) is 4.36. The SMILES string of the molecule is COCc1cc(=O)[nH]c(Cc2ccc(Cl)cc2)n1. The molecule has 2 aromatic rings. The molecule has 5 heteroatoms. The first-order chi connectivity index (χ1) is 8.67. The second kappa shape index (κ2) is 5.80. The van der Waals surface area contributed by atoms with E-state index in [1.807, 2.05) is 24.3 Å². The largest absolute Gasteiger partial charge is 0.378 e. The van der Waals surface area contributed by atoms with Crippen LogP contribution < -0.4 is 5.56 Å². The van der Waals surface area contributed by atoms with Gasteiger partial charge in [0.05, 0.1) is 12.3 Å². The molecule has 0 atom stereocenters. The van der Waals surface area contributed by atoms with Gasteiger partial charge in [0.25, 0.3) is 5.56 Å². The van der Waals surface area contributed by atoms with Crippen molar-refractivity contribution in [3.8, 4) is 0 Å². The van der Waals surface area contributed by atoms with Crippen molar-refractivity contribution in [3.05, 3.63) is 62.8 Å². The van der Waals surface area contributed by atoms with Crippen LogP contribution in [0.15, 0.2) is 35.1 Å². The molecular weight excluding hydrogens is 252 g/mol. The number of aromatic nitrogens is 2. The third kappa shape index (κ3) is 3.42. The number of halogens is 1. The number of hydrogen-bond acceptors (Lipinski definition) is 3. The zero-order valence-electron chi connectivity index (χ0n) is 9.94. The first kappa shape index (κ1) is 12.8. The zero-order chi connectivity index (χ0) is 13.0. The Balaban J connectivity index is 2.23. The minimum absolute atomic E-state index is 0.166. The van der Waals surface area contributed by atoms with Crippen LogP contribution in [0, 0.1) is 0 Å². The van der Waals surface area contributed by atoms with Crippen LogP contribution in [0.4, 0.5) is 0 Å². The van der Waals surface area contributed by atoms with E-state index in [2.05, 4.69) is 9.97 Å². The van der Waals surface area contributed by atoms with E-state index < -0.39 is 0 Å². The van der Waals surface area contributed by atoms with E-state index in [0.29, 0.717) is 29.6 Å². The van der Waals surface area contributed by atoms with Crippen LogP contribution in [0.5, 0.6) is 0 Å². The van der Waals surface area contributed by atoms with E-state index in [1.165, 1.54) is 6.07 Å². The van der Waals surface area contributed by atoms with Crippen molar-refractivity contribution in [1.29, 1.82) is 0 Å². The number of ether oxygens (including phenoxy) is 1. The van der Waals surface area contributed by atoms with Gasteiger partial charge in [0.15, 0.2) is 0 Å². The molecule has 0 aliphatic carbocycles. The Morgan fingerprint density at radius 3 is 2.72 bits per heavy atom. The highest BCUT2D eigenvalue weighted by atomic mass is 35.5. The van der Waals surface area contributed by atoms with Gasteiger partial charge in [-0.25, -0.2) is 4.98 Å². The molecule has 0 unspecified atom stereocenters. The third-order valence-corrected chi connectivity index (χ3v) is 2.67. The molecule has 1 heterocycles. The molecule has 1 N–H and O–H groups in total. The normalized spacial score (nSPS) is 10.6. The van der Waals surface area contributed by atoms with Crippen molar-refractivity contribution in [2.45, 2.75) is 13.0 Å². The quantitative estimate of drug-likeness (QED) is 0.921. The van der Waals surface area contributed by atoms with Gasteiger partial charge in [0, 0.05) is 24.6 Å². The van der Waals surface area contributed by atoms with Crippen LogP contribution in [-0.2, 0) is 17.8 Å². The monoisotopic (exact) mass is 264 g/mol. The van der Waals surface area contributed by atoms with Crippen molar-refractivity contribution in [1.82, 2.24) is 9.97 Å². The Hall–Kier alpha value is -1.65. The summed E-state index contributed by atoms with van der Waals surface area (Å²) in [6, 6.07) is 8.88. The van der Waals surface area contributed by atoms with E-state index in [9.17, 15) is 4.79 Å². The number of methoxy groups -OCH3 is 1. The Kier molecular flexibility index (Phi) is 4.12. The first-order valence-corrected chi connectivity index (χ1v) is 5.87. The molecule has 2 rings (SSSR count). The predicted molar refractivity (Wildman–Crippen MR) is 69.8 cm³/mol. The molecule has 18 heavy (non-hydrogen) atoms. The van der Waals surface area contributed by atoms with Crippen molar-refractivity contribution in [2.24, 2.45) is 0 Å². The molecule has 1 aromatic heterocycles. The maximum absolute atomic E-state index is 11.5. The number of H-pyrrole nitrogens is 1. The average Bonchev–Trinajstić information content (AvgIpc) is 2.32. The van der Waals surface area contributed by atoms with E-state index in [0.717, 1.165) is 5.56 Å². The molecular formula is C13H13ClN2O2. The smallest absolute Gasteiger partial charge is 0.251 e. The molecule has 0 aliphatic heterocycles. The zero-order valence-corrected chi connectivity index (χ0v) is 10.7. The topological polar surface area (TPSA) is 55.0 Å². The number of benzene rings is 1. The Labute approximate surface area is 110 Å². The molecule has 0 bridgehead atoms. The summed E-state index contributed by atoms with van der Waals surface area (Å²) in [5.41, 5.74) is 1.50. The van der Waals surface area contributed by atoms with Crippen LogP contribution in [-0.4, -0.2) is 17.1 Å². The van der Waals surface area contributed by atoms with Gasteiger partial charge in [-0.3, -0.25) is 4.79 Å². The lowest BCUT2D eigenvalue weighted by Gasteiger charge is -2.04. The van der Waals surface area contributed by atoms with Crippen LogP contribution in [0.1, 0.15) is 17.1 Å². The summed E-state index contributed by atoms with van der Waals surface area (Å²) in [6.45, 7) is 0.331. The van der Waals surface area contributed by atoms with Crippen LogP contribution in [0.2, 0.25) is 5.02 Å². The summed E-state index contributed by atoms with van der Waals surface area (Å²) in [5, 5.41) is 0.688. The van der Waals surface area contributed by atoms with E-state index >= 15 is 0 Å². The van der Waals surface area contributed by atoms with Crippen molar-refractivity contribution < 1.29 is 4.74 Å². The molecule has 0 radical (unpaired) electrons. The van der Waals surface area contributed by atoms with Gasteiger partial charge in [0.2, 0.25) is 0 Å². The number of hydrogen-bond donors (Lipinski definition) is 1. The predicted octanol–water partition coefficient (Wildman–Crippen LogP) is 2.16. The van der Waals surface area contributed by atoms with Crippen molar-refractivity contribution in [2.75, 3.05) is 7.11 Å². The first-order valence-electron chi connectivity index (χ1n) is 5.50. The van der Waals surface area contributed by atoms with Gasteiger partial charge in [-0.05, 0) is 17.7 Å². The summed E-state index contributed by atoms with van der Waals surface area (Å²) in [5.74, 6) is 0.622. The maximum atomic E-state index is 11.5. The number of aromatic amines is 1. The second-order valence-electron chi connectivity index (χ2n) is 3.92. The lowest BCUT2D eigenvalue weighted by atomic mass is 10.1. The average molecular weight is 265 g/mol. The minimum Gasteiger partial charge on any atom is -0.378 e. The molecule has 0 saturated heterocycles. The summed E-state index contributed by atoms with van der Waals surface area (Å²) < 4.78 is 4.97. The highest BCUT2D eigenvalue weighted by Crippen LogP contribution is 2.11. The van der Waals surface area contributed by atoms with Gasteiger partial charge >= 0.3 is 0 Å². The van der Waals surface area contributed by atoms with Gasteiger partial charge < -0.3 is 9.72 Å². The Morgan fingerprint density at radius 1 is 1.33 bits per heavy atom.